The highest BCUT2D eigenvalue weighted by Gasteiger charge is 2.33. The lowest BCUT2D eigenvalue weighted by Gasteiger charge is -2.32. The number of hydrogen-bond donors (Lipinski definition) is 4. The van der Waals surface area contributed by atoms with Gasteiger partial charge in [-0.2, -0.15) is 0 Å². The smallest absolute Gasteiger partial charge is 0.326 e. The molecule has 0 aromatic heterocycles. The Hall–Kier alpha value is -1.30. The number of nitrogens with two attached hydrogens (primary N) is 1. The first-order valence-electron chi connectivity index (χ1n) is 6.77. The maximum absolute atomic E-state index is 11.9. The minimum absolute atomic E-state index is 0.0441. The summed E-state index contributed by atoms with van der Waals surface area (Å²) in [5.74, 6) is -1.03. The molecule has 1 fully saturated rings. The van der Waals surface area contributed by atoms with Crippen molar-refractivity contribution in [3.63, 3.8) is 0 Å². The van der Waals surface area contributed by atoms with Crippen LogP contribution in [0.2, 0.25) is 0 Å². The molecule has 5 N–H and O–H groups in total. The molecule has 1 saturated carbocycles. The van der Waals surface area contributed by atoms with Gasteiger partial charge in [0.2, 0.25) is 0 Å². The molecule has 6 nitrogen and oxygen atoms in total. The minimum Gasteiger partial charge on any atom is -0.480 e. The molecule has 6 heteroatoms. The Morgan fingerprint density at radius 1 is 1.26 bits per heavy atom. The molecule has 0 aromatic carbocycles. The van der Waals surface area contributed by atoms with Gasteiger partial charge in [0.1, 0.15) is 6.04 Å². The fourth-order valence-corrected chi connectivity index (χ4v) is 2.33. The van der Waals surface area contributed by atoms with Gasteiger partial charge in [-0.25, -0.2) is 9.59 Å². The van der Waals surface area contributed by atoms with Crippen LogP contribution in [0.3, 0.4) is 0 Å². The van der Waals surface area contributed by atoms with E-state index in [0.717, 1.165) is 25.7 Å². The second-order valence-corrected chi connectivity index (χ2v) is 6.31. The SMILES string of the molecule is CC(C)(C)[C@@H](NC(=O)NC1CCCCC1N)C(=O)O. The average molecular weight is 271 g/mol. The molecule has 2 unspecified atom stereocenters. The first-order chi connectivity index (χ1) is 8.71. The van der Waals surface area contributed by atoms with Crippen molar-refractivity contribution in [1.29, 1.82) is 0 Å². The molecule has 19 heavy (non-hydrogen) atoms. The molecule has 2 amide bonds. The third-order valence-electron chi connectivity index (χ3n) is 3.52. The number of carboxylic acid groups (broad SMARTS) is 1. The minimum atomic E-state index is -1.03. The van der Waals surface area contributed by atoms with E-state index in [2.05, 4.69) is 10.6 Å². The summed E-state index contributed by atoms with van der Waals surface area (Å²) in [5, 5.41) is 14.5. The maximum Gasteiger partial charge on any atom is 0.326 e. The van der Waals surface area contributed by atoms with E-state index in [1.54, 1.807) is 20.8 Å². The largest absolute Gasteiger partial charge is 0.480 e. The van der Waals surface area contributed by atoms with Crippen LogP contribution in [-0.4, -0.2) is 35.2 Å². The van der Waals surface area contributed by atoms with E-state index in [1.165, 1.54) is 0 Å². The number of urea groups is 1. The zero-order valence-corrected chi connectivity index (χ0v) is 11.9. The predicted molar refractivity (Wildman–Crippen MR) is 72.8 cm³/mol. The van der Waals surface area contributed by atoms with E-state index in [9.17, 15) is 9.59 Å². The first-order valence-corrected chi connectivity index (χ1v) is 6.77. The fourth-order valence-electron chi connectivity index (χ4n) is 2.33. The maximum atomic E-state index is 11.9. The van der Waals surface area contributed by atoms with Crippen molar-refractivity contribution >= 4 is 12.0 Å². The van der Waals surface area contributed by atoms with Crippen molar-refractivity contribution in [3.05, 3.63) is 0 Å². The zero-order valence-electron chi connectivity index (χ0n) is 11.9. The van der Waals surface area contributed by atoms with Crippen LogP contribution < -0.4 is 16.4 Å². The predicted octanol–water partition coefficient (Wildman–Crippen LogP) is 1.05. The van der Waals surface area contributed by atoms with Crippen LogP contribution >= 0.6 is 0 Å². The lowest BCUT2D eigenvalue weighted by molar-refractivity contribution is -0.141. The monoisotopic (exact) mass is 271 g/mol. The highest BCUT2D eigenvalue weighted by Crippen LogP contribution is 2.20. The molecular weight excluding hydrogens is 246 g/mol. The van der Waals surface area contributed by atoms with Crippen molar-refractivity contribution in [2.24, 2.45) is 11.1 Å². The van der Waals surface area contributed by atoms with Crippen molar-refractivity contribution in [2.75, 3.05) is 0 Å². The topological polar surface area (TPSA) is 104 Å². The van der Waals surface area contributed by atoms with Gasteiger partial charge >= 0.3 is 12.0 Å². The van der Waals surface area contributed by atoms with Crippen molar-refractivity contribution in [3.8, 4) is 0 Å². The fraction of sp³-hybridized carbons (Fsp3) is 0.846. The van der Waals surface area contributed by atoms with Gasteiger partial charge in [-0.1, -0.05) is 33.6 Å². The van der Waals surface area contributed by atoms with Crippen LogP contribution in [-0.2, 0) is 4.79 Å². The summed E-state index contributed by atoms with van der Waals surface area (Å²) in [6, 6.07) is -1.49. The van der Waals surface area contributed by atoms with Gasteiger partial charge in [-0.05, 0) is 18.3 Å². The molecule has 0 heterocycles. The van der Waals surface area contributed by atoms with Gasteiger partial charge in [0.25, 0.3) is 0 Å². The summed E-state index contributed by atoms with van der Waals surface area (Å²) >= 11 is 0. The molecule has 1 rings (SSSR count). The van der Waals surface area contributed by atoms with E-state index in [-0.39, 0.29) is 12.1 Å². The van der Waals surface area contributed by atoms with Crippen LogP contribution in [0, 0.1) is 5.41 Å². The lowest BCUT2D eigenvalue weighted by Crippen LogP contribution is -2.57. The number of carbonyl (C=O) groups is 2. The lowest BCUT2D eigenvalue weighted by atomic mass is 9.87. The molecule has 0 aliphatic heterocycles. The summed E-state index contributed by atoms with van der Waals surface area (Å²) < 4.78 is 0. The highest BCUT2D eigenvalue weighted by atomic mass is 16.4. The van der Waals surface area contributed by atoms with Crippen LogP contribution in [0.1, 0.15) is 46.5 Å². The number of rotatable bonds is 3. The molecule has 1 aliphatic rings. The summed E-state index contributed by atoms with van der Waals surface area (Å²) in [5.41, 5.74) is 5.40. The molecular formula is C13H25N3O3. The number of nitrogens with one attached hydrogen (secondary N) is 2. The van der Waals surface area contributed by atoms with E-state index in [0.29, 0.717) is 0 Å². The Morgan fingerprint density at radius 3 is 2.32 bits per heavy atom. The first kappa shape index (κ1) is 15.8. The van der Waals surface area contributed by atoms with E-state index < -0.39 is 23.5 Å². The third kappa shape index (κ3) is 4.70. The van der Waals surface area contributed by atoms with E-state index in [4.69, 9.17) is 10.8 Å². The van der Waals surface area contributed by atoms with Crippen molar-refractivity contribution in [1.82, 2.24) is 10.6 Å². The Morgan fingerprint density at radius 2 is 1.84 bits per heavy atom. The number of hydrogen-bond acceptors (Lipinski definition) is 3. The number of amides is 2. The van der Waals surface area contributed by atoms with Crippen molar-refractivity contribution in [2.45, 2.75) is 64.6 Å². The molecule has 110 valence electrons. The quantitative estimate of drug-likeness (QED) is 0.616. The Kier molecular flexibility index (Phi) is 5.17. The van der Waals surface area contributed by atoms with E-state index in [1.807, 2.05) is 0 Å². The Bertz CT molecular complexity index is 339. The normalized spacial score (nSPS) is 25.5. The number of carboxylic acids is 1. The summed E-state index contributed by atoms with van der Waals surface area (Å²) in [6.45, 7) is 5.33. The van der Waals surface area contributed by atoms with E-state index >= 15 is 0 Å². The van der Waals surface area contributed by atoms with Gasteiger partial charge < -0.3 is 21.5 Å². The van der Waals surface area contributed by atoms with Crippen LogP contribution in [0.5, 0.6) is 0 Å². The van der Waals surface area contributed by atoms with Crippen LogP contribution in [0.4, 0.5) is 4.79 Å². The zero-order chi connectivity index (χ0) is 14.6. The highest BCUT2D eigenvalue weighted by molar-refractivity contribution is 5.83. The average Bonchev–Trinajstić information content (AvgIpc) is 2.27. The second kappa shape index (κ2) is 6.23. The van der Waals surface area contributed by atoms with Gasteiger partial charge in [-0.15, -0.1) is 0 Å². The Balaban J connectivity index is 2.55. The molecule has 3 atom stereocenters. The molecule has 0 saturated heterocycles. The molecule has 0 radical (unpaired) electrons. The molecule has 0 aromatic rings. The standard InChI is InChI=1S/C13H25N3O3/c1-13(2,3)10(11(17)18)16-12(19)15-9-7-5-4-6-8(9)14/h8-10H,4-7,14H2,1-3H3,(H,17,18)(H2,15,16,19)/t8?,9?,10-/m0/s1. The summed E-state index contributed by atoms with van der Waals surface area (Å²) in [4.78, 5) is 23.0. The second-order valence-electron chi connectivity index (χ2n) is 6.31. The van der Waals surface area contributed by atoms with Crippen LogP contribution in [0.15, 0.2) is 0 Å². The Labute approximate surface area is 114 Å². The molecule has 0 bridgehead atoms. The van der Waals surface area contributed by atoms with Gasteiger partial charge in [0.05, 0.1) is 0 Å². The number of aliphatic carboxylic acids is 1. The van der Waals surface area contributed by atoms with Crippen LogP contribution in [0.25, 0.3) is 0 Å². The van der Waals surface area contributed by atoms with Gasteiger partial charge in [-0.3, -0.25) is 0 Å². The number of carbonyl (C=O) groups excluding carboxylic acids is 1. The molecule has 0 spiro atoms. The molecule has 1 aliphatic carbocycles. The van der Waals surface area contributed by atoms with Crippen molar-refractivity contribution < 1.29 is 14.7 Å². The third-order valence-corrected chi connectivity index (χ3v) is 3.52. The van der Waals surface area contributed by atoms with Gasteiger partial charge in [0, 0.05) is 12.1 Å². The van der Waals surface area contributed by atoms with Gasteiger partial charge in [0.15, 0.2) is 0 Å². The summed E-state index contributed by atoms with van der Waals surface area (Å²) in [6.07, 6.45) is 3.87. The summed E-state index contributed by atoms with van der Waals surface area (Å²) in [7, 11) is 0.